The third-order valence-corrected chi connectivity index (χ3v) is 4.30. The number of halogens is 4. The second kappa shape index (κ2) is 10.5. The van der Waals surface area contributed by atoms with E-state index in [1.165, 1.54) is 12.1 Å². The number of para-hydroxylation sites is 2. The van der Waals surface area contributed by atoms with Crippen LogP contribution < -0.4 is 10.6 Å². The van der Waals surface area contributed by atoms with Gasteiger partial charge in [0, 0.05) is 26.6 Å². The first-order valence-electron chi connectivity index (χ1n) is 9.00. The van der Waals surface area contributed by atoms with Gasteiger partial charge in [-0.1, -0.05) is 24.3 Å². The Balaban J connectivity index is 0.00000300. The van der Waals surface area contributed by atoms with Gasteiger partial charge in [0.2, 0.25) is 0 Å². The molecule has 3 aromatic rings. The number of nitrogens with one attached hydrogen (secondary N) is 3. The molecular weight excluding hydrogens is 494 g/mol. The van der Waals surface area contributed by atoms with E-state index in [1.807, 2.05) is 24.3 Å². The fourth-order valence-electron chi connectivity index (χ4n) is 2.83. The molecule has 2 aromatic carbocycles. The molecule has 0 saturated heterocycles. The first-order chi connectivity index (χ1) is 13.5. The lowest BCUT2D eigenvalue weighted by atomic mass is 10.1. The molecule has 3 rings (SSSR count). The summed E-state index contributed by atoms with van der Waals surface area (Å²) >= 11 is 0. The number of aromatic amines is 1. The number of nitrogens with zero attached hydrogens (tertiary/aromatic N) is 2. The molecule has 0 aliphatic rings. The topological polar surface area (TPSA) is 65.1 Å². The van der Waals surface area contributed by atoms with Gasteiger partial charge >= 0.3 is 6.18 Å². The molecule has 156 valence electrons. The second-order valence-corrected chi connectivity index (χ2v) is 6.32. The quantitative estimate of drug-likeness (QED) is 0.262. The Kier molecular flexibility index (Phi) is 8.30. The highest BCUT2D eigenvalue weighted by atomic mass is 127. The Labute approximate surface area is 184 Å². The monoisotopic (exact) mass is 517 g/mol. The minimum Gasteiger partial charge on any atom is -0.356 e. The van der Waals surface area contributed by atoms with Crippen LogP contribution >= 0.6 is 24.0 Å². The van der Waals surface area contributed by atoms with Crippen molar-refractivity contribution in [1.29, 1.82) is 0 Å². The van der Waals surface area contributed by atoms with E-state index in [0.717, 1.165) is 34.6 Å². The Morgan fingerprint density at radius 1 is 1.00 bits per heavy atom. The average Bonchev–Trinajstić information content (AvgIpc) is 3.09. The van der Waals surface area contributed by atoms with Crippen molar-refractivity contribution in [3.63, 3.8) is 0 Å². The van der Waals surface area contributed by atoms with E-state index < -0.39 is 11.7 Å². The summed E-state index contributed by atoms with van der Waals surface area (Å²) in [5.41, 5.74) is 2.15. The number of aliphatic imine (C=N–C) groups is 1. The zero-order valence-corrected chi connectivity index (χ0v) is 18.2. The van der Waals surface area contributed by atoms with E-state index in [-0.39, 0.29) is 24.0 Å². The maximum atomic E-state index is 12.6. The molecule has 0 aliphatic carbocycles. The van der Waals surface area contributed by atoms with Crippen molar-refractivity contribution in [3.05, 3.63) is 65.5 Å². The zero-order chi connectivity index (χ0) is 20.0. The van der Waals surface area contributed by atoms with Gasteiger partial charge < -0.3 is 15.6 Å². The predicted octanol–water partition coefficient (Wildman–Crippen LogP) is 4.15. The van der Waals surface area contributed by atoms with Crippen LogP contribution in [0.25, 0.3) is 11.0 Å². The van der Waals surface area contributed by atoms with Gasteiger partial charge in [-0.05, 0) is 36.2 Å². The van der Waals surface area contributed by atoms with E-state index in [2.05, 4.69) is 25.6 Å². The number of benzene rings is 2. The fourth-order valence-corrected chi connectivity index (χ4v) is 2.83. The van der Waals surface area contributed by atoms with Gasteiger partial charge in [0.1, 0.15) is 5.82 Å². The zero-order valence-electron chi connectivity index (χ0n) is 15.9. The Bertz CT molecular complexity index is 902. The van der Waals surface area contributed by atoms with Crippen LogP contribution in [0.1, 0.15) is 17.0 Å². The van der Waals surface area contributed by atoms with Crippen LogP contribution in [-0.4, -0.2) is 36.1 Å². The number of fused-ring (bicyclic) bond motifs is 1. The minimum absolute atomic E-state index is 0. The lowest BCUT2D eigenvalue weighted by Crippen LogP contribution is -2.39. The van der Waals surface area contributed by atoms with E-state index in [1.54, 1.807) is 7.05 Å². The normalized spacial score (nSPS) is 11.9. The van der Waals surface area contributed by atoms with Crippen molar-refractivity contribution >= 4 is 41.0 Å². The molecule has 1 heterocycles. The van der Waals surface area contributed by atoms with E-state index in [0.29, 0.717) is 31.9 Å². The van der Waals surface area contributed by atoms with E-state index in [4.69, 9.17) is 0 Å². The Morgan fingerprint density at radius 2 is 1.66 bits per heavy atom. The third-order valence-electron chi connectivity index (χ3n) is 4.30. The molecule has 9 heteroatoms. The van der Waals surface area contributed by atoms with Crippen LogP contribution in [0, 0.1) is 0 Å². The van der Waals surface area contributed by atoms with E-state index >= 15 is 0 Å². The summed E-state index contributed by atoms with van der Waals surface area (Å²) in [6, 6.07) is 13.1. The minimum atomic E-state index is -4.30. The summed E-state index contributed by atoms with van der Waals surface area (Å²) in [6.45, 7) is 1.22. The highest BCUT2D eigenvalue weighted by Crippen LogP contribution is 2.29. The third kappa shape index (κ3) is 6.62. The molecule has 0 fully saturated rings. The van der Waals surface area contributed by atoms with Crippen LogP contribution in [0.4, 0.5) is 13.2 Å². The second-order valence-electron chi connectivity index (χ2n) is 6.32. The lowest BCUT2D eigenvalue weighted by molar-refractivity contribution is -0.137. The Morgan fingerprint density at radius 3 is 2.28 bits per heavy atom. The molecule has 0 atom stereocenters. The van der Waals surface area contributed by atoms with Crippen molar-refractivity contribution in [2.24, 2.45) is 4.99 Å². The first-order valence-corrected chi connectivity index (χ1v) is 9.00. The molecule has 0 bridgehead atoms. The van der Waals surface area contributed by atoms with E-state index in [9.17, 15) is 13.2 Å². The predicted molar refractivity (Wildman–Crippen MR) is 120 cm³/mol. The van der Waals surface area contributed by atoms with Gasteiger partial charge in [-0.25, -0.2) is 4.98 Å². The molecule has 0 radical (unpaired) electrons. The standard InChI is InChI=1S/C20H22F3N5.HI/c1-24-19(25-12-10-14-6-8-15(9-7-14)20(21,22)23)26-13-11-18-27-16-4-2-3-5-17(16)28-18;/h2-9H,10-13H2,1H3,(H,27,28)(H2,24,25,26);1H. The number of hydrogen-bond acceptors (Lipinski definition) is 2. The largest absolute Gasteiger partial charge is 0.416 e. The number of rotatable bonds is 6. The SMILES string of the molecule is CN=C(NCCc1ccc(C(F)(F)F)cc1)NCCc1nc2ccccc2[nH]1.I. The van der Waals surface area contributed by atoms with Crippen LogP contribution in [0.2, 0.25) is 0 Å². The lowest BCUT2D eigenvalue weighted by Gasteiger charge is -2.12. The fraction of sp³-hybridized carbons (Fsp3) is 0.300. The van der Waals surface area contributed by atoms with Crippen molar-refractivity contribution in [2.75, 3.05) is 20.1 Å². The number of hydrogen-bond donors (Lipinski definition) is 3. The molecule has 3 N–H and O–H groups in total. The molecule has 0 unspecified atom stereocenters. The summed E-state index contributed by atoms with van der Waals surface area (Å²) in [4.78, 5) is 12.0. The van der Waals surface area contributed by atoms with Crippen molar-refractivity contribution in [3.8, 4) is 0 Å². The number of alkyl halides is 3. The number of guanidine groups is 1. The highest BCUT2D eigenvalue weighted by molar-refractivity contribution is 14.0. The van der Waals surface area contributed by atoms with Crippen LogP contribution in [0.5, 0.6) is 0 Å². The summed E-state index contributed by atoms with van der Waals surface area (Å²) in [6.07, 6.45) is -2.99. The summed E-state index contributed by atoms with van der Waals surface area (Å²) in [5.74, 6) is 1.54. The highest BCUT2D eigenvalue weighted by Gasteiger charge is 2.29. The smallest absolute Gasteiger partial charge is 0.356 e. The van der Waals surface area contributed by atoms with Crippen LogP contribution in [0.3, 0.4) is 0 Å². The van der Waals surface area contributed by atoms with Gasteiger partial charge in [-0.3, -0.25) is 4.99 Å². The number of H-pyrrole nitrogens is 1. The first kappa shape index (κ1) is 23.0. The number of imidazole rings is 1. The maximum Gasteiger partial charge on any atom is 0.416 e. The summed E-state index contributed by atoms with van der Waals surface area (Å²) in [5, 5.41) is 6.37. The molecular formula is C20H23F3IN5. The molecule has 0 spiro atoms. The average molecular weight is 517 g/mol. The van der Waals surface area contributed by atoms with Crippen molar-refractivity contribution < 1.29 is 13.2 Å². The number of aromatic nitrogens is 2. The Hall–Kier alpha value is -2.30. The van der Waals surface area contributed by atoms with Gasteiger partial charge in [0.05, 0.1) is 16.6 Å². The molecule has 0 amide bonds. The summed E-state index contributed by atoms with van der Waals surface area (Å²) in [7, 11) is 1.68. The summed E-state index contributed by atoms with van der Waals surface area (Å²) < 4.78 is 37.7. The van der Waals surface area contributed by atoms with Gasteiger partial charge in [-0.15, -0.1) is 24.0 Å². The molecule has 5 nitrogen and oxygen atoms in total. The van der Waals surface area contributed by atoms with Gasteiger partial charge in [0.25, 0.3) is 0 Å². The molecule has 1 aromatic heterocycles. The maximum absolute atomic E-state index is 12.6. The van der Waals surface area contributed by atoms with Crippen LogP contribution in [0.15, 0.2) is 53.5 Å². The van der Waals surface area contributed by atoms with Crippen LogP contribution in [-0.2, 0) is 19.0 Å². The van der Waals surface area contributed by atoms with Crippen molar-refractivity contribution in [2.45, 2.75) is 19.0 Å². The molecule has 0 aliphatic heterocycles. The van der Waals surface area contributed by atoms with Gasteiger partial charge in [-0.2, -0.15) is 13.2 Å². The molecule has 29 heavy (non-hydrogen) atoms. The molecule has 0 saturated carbocycles. The van der Waals surface area contributed by atoms with Crippen molar-refractivity contribution in [1.82, 2.24) is 20.6 Å². The van der Waals surface area contributed by atoms with Gasteiger partial charge in [0.15, 0.2) is 5.96 Å².